The van der Waals surface area contributed by atoms with Crippen molar-refractivity contribution in [3.63, 3.8) is 0 Å². The van der Waals surface area contributed by atoms with E-state index in [-0.39, 0.29) is 29.6 Å². The van der Waals surface area contributed by atoms with Crippen LogP contribution in [0.15, 0.2) is 82.5 Å². The molecule has 2 aromatic carbocycles. The normalized spacial score (nSPS) is 18.9. The fraction of sp³-hybridized carbons (Fsp3) is 0.267. The highest BCUT2D eigenvalue weighted by atomic mass is 32.1. The van der Waals surface area contributed by atoms with E-state index in [4.69, 9.17) is 9.47 Å². The third kappa shape index (κ3) is 5.22. The van der Waals surface area contributed by atoms with Gasteiger partial charge in [-0.1, -0.05) is 30.3 Å². The Morgan fingerprint density at radius 3 is 2.56 bits per heavy atom. The lowest BCUT2D eigenvalue weighted by molar-refractivity contribution is -0.385. The summed E-state index contributed by atoms with van der Waals surface area (Å²) in [4.78, 5) is 39.8. The van der Waals surface area contributed by atoms with Gasteiger partial charge in [0.25, 0.3) is 5.69 Å². The Bertz CT molecular complexity index is 1500. The highest BCUT2D eigenvalue weighted by molar-refractivity contribution is 7.10. The lowest BCUT2D eigenvalue weighted by Crippen LogP contribution is -2.36. The van der Waals surface area contributed by atoms with E-state index in [9.17, 15) is 19.7 Å². The molecule has 1 aliphatic heterocycles. The van der Waals surface area contributed by atoms with Gasteiger partial charge in [0.05, 0.1) is 17.6 Å². The van der Waals surface area contributed by atoms with E-state index in [1.165, 1.54) is 6.07 Å². The van der Waals surface area contributed by atoms with E-state index in [1.807, 2.05) is 29.6 Å². The predicted octanol–water partition coefficient (Wildman–Crippen LogP) is 6.08. The molecule has 5 rings (SSSR count). The first-order valence-corrected chi connectivity index (χ1v) is 13.5. The van der Waals surface area contributed by atoms with Crippen molar-refractivity contribution in [2.45, 2.75) is 45.1 Å². The number of hydrogen-bond donors (Lipinski definition) is 1. The average molecular weight is 545 g/mol. The van der Waals surface area contributed by atoms with Gasteiger partial charge in [-0.25, -0.2) is 4.79 Å². The van der Waals surface area contributed by atoms with Crippen LogP contribution >= 0.6 is 11.3 Å². The summed E-state index contributed by atoms with van der Waals surface area (Å²) in [5.41, 5.74) is 3.82. The summed E-state index contributed by atoms with van der Waals surface area (Å²) in [6.45, 7) is 3.47. The minimum Gasteiger partial charge on any atom is -0.497 e. The minimum atomic E-state index is -0.777. The lowest BCUT2D eigenvalue weighted by Gasteiger charge is -2.36. The zero-order valence-corrected chi connectivity index (χ0v) is 22.7. The number of ether oxygens (including phenoxy) is 2. The number of Topliss-reactive ketones (excluding diaryl/α,β-unsaturated/α-hetero) is 1. The number of nitrogens with zero attached hydrogens (tertiary/aromatic N) is 1. The first-order valence-electron chi connectivity index (χ1n) is 12.6. The molecule has 1 aromatic heterocycles. The molecular formula is C30H28N2O6S. The van der Waals surface area contributed by atoms with Gasteiger partial charge >= 0.3 is 5.97 Å². The molecule has 1 N–H and O–H groups in total. The topological polar surface area (TPSA) is 108 Å². The zero-order chi connectivity index (χ0) is 27.7. The molecule has 9 heteroatoms. The number of nitrogens with one attached hydrogen (secondary N) is 1. The quantitative estimate of drug-likeness (QED) is 0.218. The number of carbonyl (C=O) groups excluding carboxylic acids is 2. The summed E-state index contributed by atoms with van der Waals surface area (Å²) < 4.78 is 10.9. The van der Waals surface area contributed by atoms with Crippen LogP contribution in [-0.4, -0.2) is 23.8 Å². The molecule has 1 aliphatic carbocycles. The fourth-order valence-electron chi connectivity index (χ4n) is 5.32. The Labute approximate surface area is 230 Å². The molecule has 2 heterocycles. The number of dihydropyridines is 1. The van der Waals surface area contributed by atoms with Crippen molar-refractivity contribution in [2.75, 3.05) is 7.11 Å². The van der Waals surface area contributed by atoms with Crippen molar-refractivity contribution < 1.29 is 24.0 Å². The first-order chi connectivity index (χ1) is 18.8. The first kappa shape index (κ1) is 26.4. The molecule has 0 radical (unpaired) electrons. The van der Waals surface area contributed by atoms with Crippen LogP contribution in [0.4, 0.5) is 5.69 Å². The molecule has 200 valence electrons. The van der Waals surface area contributed by atoms with E-state index in [1.54, 1.807) is 56.6 Å². The Morgan fingerprint density at radius 1 is 1.13 bits per heavy atom. The smallest absolute Gasteiger partial charge is 0.337 e. The molecular weight excluding hydrogens is 516 g/mol. The molecule has 8 nitrogen and oxygen atoms in total. The number of ketones is 1. The Hall–Kier alpha value is -4.24. The van der Waals surface area contributed by atoms with Crippen molar-refractivity contribution in [3.8, 4) is 5.75 Å². The van der Waals surface area contributed by atoms with Crippen LogP contribution in [0.3, 0.4) is 0 Å². The van der Waals surface area contributed by atoms with Crippen LogP contribution in [0.25, 0.3) is 0 Å². The van der Waals surface area contributed by atoms with Gasteiger partial charge in [0.15, 0.2) is 5.78 Å². The van der Waals surface area contributed by atoms with E-state index in [2.05, 4.69) is 5.32 Å². The number of rotatable bonds is 7. The summed E-state index contributed by atoms with van der Waals surface area (Å²) in [6.07, 6.45) is 0.913. The van der Waals surface area contributed by atoms with E-state index in [0.29, 0.717) is 41.0 Å². The van der Waals surface area contributed by atoms with Crippen molar-refractivity contribution in [1.82, 2.24) is 5.32 Å². The summed E-state index contributed by atoms with van der Waals surface area (Å²) in [5.74, 6) is -0.710. The summed E-state index contributed by atoms with van der Waals surface area (Å²) in [5, 5.41) is 17.1. The molecule has 0 amide bonds. The van der Waals surface area contributed by atoms with Gasteiger partial charge < -0.3 is 14.8 Å². The van der Waals surface area contributed by atoms with Gasteiger partial charge in [-0.3, -0.25) is 14.9 Å². The average Bonchev–Trinajstić information content (AvgIpc) is 3.46. The van der Waals surface area contributed by atoms with E-state index < -0.39 is 16.8 Å². The van der Waals surface area contributed by atoms with Gasteiger partial charge in [-0.15, -0.1) is 11.3 Å². The van der Waals surface area contributed by atoms with E-state index in [0.717, 1.165) is 16.1 Å². The van der Waals surface area contributed by atoms with E-state index >= 15 is 0 Å². The van der Waals surface area contributed by atoms with Crippen LogP contribution in [0.1, 0.15) is 53.2 Å². The number of thiophene rings is 1. The Kier molecular flexibility index (Phi) is 7.34. The standard InChI is InChI=1S/C30H28N2O6S/c1-17-6-9-20(14-24(17)32(35)36)28-27(30(34)38-16-19-7-10-22(37-3)11-8-19)18(2)31-23-13-21(15-25(33)29(23)28)26-5-4-12-39-26/h4-12,14,21,28,31H,13,15-16H2,1-3H3/t21-,28+/m0/s1. The second-order valence-corrected chi connectivity index (χ2v) is 10.7. The third-order valence-corrected chi connectivity index (χ3v) is 8.32. The second-order valence-electron chi connectivity index (χ2n) is 9.76. The molecule has 0 saturated heterocycles. The monoisotopic (exact) mass is 544 g/mol. The van der Waals surface area contributed by atoms with Gasteiger partial charge in [-0.2, -0.15) is 0 Å². The number of nitro benzene ring substituents is 1. The number of allylic oxidation sites excluding steroid dienone is 3. The third-order valence-electron chi connectivity index (χ3n) is 7.29. The van der Waals surface area contributed by atoms with Crippen LogP contribution in [-0.2, 0) is 20.9 Å². The largest absolute Gasteiger partial charge is 0.497 e. The van der Waals surface area contributed by atoms with Crippen molar-refractivity contribution >= 4 is 28.8 Å². The molecule has 0 fully saturated rings. The predicted molar refractivity (Wildman–Crippen MR) is 148 cm³/mol. The summed E-state index contributed by atoms with van der Waals surface area (Å²) in [6, 6.07) is 16.1. The fourth-order valence-corrected chi connectivity index (χ4v) is 6.15. The number of esters is 1. The summed E-state index contributed by atoms with van der Waals surface area (Å²) >= 11 is 1.62. The van der Waals surface area contributed by atoms with Crippen LogP contribution in [0.5, 0.6) is 5.75 Å². The van der Waals surface area contributed by atoms with Gasteiger partial charge in [-0.05, 0) is 55.0 Å². The zero-order valence-electron chi connectivity index (χ0n) is 21.9. The van der Waals surface area contributed by atoms with Crippen molar-refractivity contribution in [2.24, 2.45) is 0 Å². The summed E-state index contributed by atoms with van der Waals surface area (Å²) in [7, 11) is 1.58. The number of nitro groups is 1. The molecule has 0 saturated carbocycles. The SMILES string of the molecule is COc1ccc(COC(=O)C2=C(C)NC3=C(C(=O)C[C@@H](c4cccs4)C3)[C@@H]2c2ccc(C)c([N+](=O)[O-])c2)cc1. The maximum Gasteiger partial charge on any atom is 0.337 e. The van der Waals surface area contributed by atoms with Crippen LogP contribution < -0.4 is 10.1 Å². The Morgan fingerprint density at radius 2 is 1.90 bits per heavy atom. The highest BCUT2D eigenvalue weighted by Gasteiger charge is 2.42. The Balaban J connectivity index is 1.53. The number of hydrogen-bond acceptors (Lipinski definition) is 8. The van der Waals surface area contributed by atoms with Gasteiger partial charge in [0.1, 0.15) is 12.4 Å². The molecule has 2 atom stereocenters. The highest BCUT2D eigenvalue weighted by Crippen LogP contribution is 2.47. The van der Waals surface area contributed by atoms with Gasteiger partial charge in [0, 0.05) is 51.7 Å². The molecule has 2 aliphatic rings. The number of aryl methyl sites for hydroxylation is 1. The maximum absolute atomic E-state index is 13.7. The molecule has 0 spiro atoms. The number of carbonyl (C=O) groups is 2. The van der Waals surface area contributed by atoms with Gasteiger partial charge in [0.2, 0.25) is 0 Å². The number of methoxy groups -OCH3 is 1. The molecule has 0 bridgehead atoms. The molecule has 0 unspecified atom stereocenters. The second kappa shape index (κ2) is 10.9. The van der Waals surface area contributed by atoms with Crippen LogP contribution in [0.2, 0.25) is 0 Å². The maximum atomic E-state index is 13.7. The van der Waals surface area contributed by atoms with Crippen molar-refractivity contribution in [3.05, 3.63) is 114 Å². The number of benzene rings is 2. The lowest BCUT2D eigenvalue weighted by atomic mass is 9.72. The van der Waals surface area contributed by atoms with Crippen molar-refractivity contribution in [1.29, 1.82) is 0 Å². The molecule has 39 heavy (non-hydrogen) atoms. The van der Waals surface area contributed by atoms with Crippen LogP contribution in [0, 0.1) is 17.0 Å². The molecule has 3 aromatic rings. The minimum absolute atomic E-state index is 0.0284.